The lowest BCUT2D eigenvalue weighted by molar-refractivity contribution is -0.132. The first-order valence-corrected chi connectivity index (χ1v) is 15.7. The van der Waals surface area contributed by atoms with Crippen molar-refractivity contribution in [3.8, 4) is 23.0 Å². The van der Waals surface area contributed by atoms with Gasteiger partial charge in [0.15, 0.2) is 28.1 Å². The largest absolute Gasteiger partial charge is 0.507 e. The topological polar surface area (TPSA) is 134 Å². The molecule has 2 aliphatic rings. The number of nitrogens with zero attached hydrogens (tertiary/aromatic N) is 2. The number of ether oxygens (including phenoxy) is 5. The van der Waals surface area contributed by atoms with Crippen LogP contribution in [0.15, 0.2) is 42.0 Å². The molecular formula is C33H36N2O9S. The number of hydrogen-bond donors (Lipinski definition) is 1. The molecule has 45 heavy (non-hydrogen) atoms. The lowest BCUT2D eigenvalue weighted by atomic mass is 9.95. The van der Waals surface area contributed by atoms with Crippen LogP contribution < -0.4 is 23.8 Å². The molecule has 0 unspecified atom stereocenters. The van der Waals surface area contributed by atoms with Gasteiger partial charge in [0.1, 0.15) is 23.9 Å². The number of hydrogen-bond acceptors (Lipinski definition) is 11. The number of aliphatic hydroxyl groups is 1. The summed E-state index contributed by atoms with van der Waals surface area (Å²) in [4.78, 5) is 46.0. The number of fused-ring (bicyclic) bond motifs is 1. The van der Waals surface area contributed by atoms with Crippen molar-refractivity contribution in [2.24, 2.45) is 5.92 Å². The zero-order chi connectivity index (χ0) is 32.2. The van der Waals surface area contributed by atoms with E-state index in [2.05, 4.69) is 18.8 Å². The summed E-state index contributed by atoms with van der Waals surface area (Å²) in [5.41, 5.74) is 0.935. The molecule has 1 fully saturated rings. The summed E-state index contributed by atoms with van der Waals surface area (Å²) in [5.74, 6) is -0.489. The number of carbonyl (C=O) groups is 3. The summed E-state index contributed by atoms with van der Waals surface area (Å²) >= 11 is 0.939. The average Bonchev–Trinajstić information content (AvgIpc) is 3.53. The zero-order valence-corrected chi connectivity index (χ0v) is 26.7. The van der Waals surface area contributed by atoms with E-state index in [0.717, 1.165) is 17.8 Å². The highest BCUT2D eigenvalue weighted by atomic mass is 32.1. The Morgan fingerprint density at radius 3 is 2.51 bits per heavy atom. The number of thiazole rings is 1. The average molecular weight is 637 g/mol. The molecule has 1 aromatic heterocycles. The van der Waals surface area contributed by atoms with E-state index >= 15 is 0 Å². The van der Waals surface area contributed by atoms with Crippen molar-refractivity contribution in [2.75, 3.05) is 37.9 Å². The number of aryl methyl sites for hydroxylation is 1. The zero-order valence-electron chi connectivity index (χ0n) is 25.9. The first kappa shape index (κ1) is 31.8. The fourth-order valence-corrected chi connectivity index (χ4v) is 6.04. The molecule has 0 spiro atoms. The number of carbonyl (C=O) groups excluding carboxylic acids is 3. The standard InChI is InChI=1S/C33H36N2O9S/c1-6-40-24-16-20(8-10-22(24)42-13-12-18(3)4)27-26(28(36)21-9-11-23-25(17-21)44-15-14-43-23)29(37)31(38)35(27)33-34-19(5)30(45-33)32(39)41-7-2/h8-11,16-18,27,36H,6-7,12-15H2,1-5H3/b28-26+/t27-/m0/s1. The fourth-order valence-electron chi connectivity index (χ4n) is 5.05. The van der Waals surface area contributed by atoms with Gasteiger partial charge in [-0.25, -0.2) is 9.78 Å². The van der Waals surface area contributed by atoms with Gasteiger partial charge in [0.05, 0.1) is 37.1 Å². The summed E-state index contributed by atoms with van der Waals surface area (Å²) < 4.78 is 28.4. The van der Waals surface area contributed by atoms with E-state index in [9.17, 15) is 19.5 Å². The van der Waals surface area contributed by atoms with E-state index in [1.165, 1.54) is 4.90 Å². The third-order valence-electron chi connectivity index (χ3n) is 7.25. The number of Topliss-reactive ketones (excluding diaryl/α,β-unsaturated/α-hetero) is 1. The second kappa shape index (κ2) is 13.6. The van der Waals surface area contributed by atoms with Crippen LogP contribution in [-0.2, 0) is 14.3 Å². The summed E-state index contributed by atoms with van der Waals surface area (Å²) in [6.45, 7) is 11.1. The molecule has 12 heteroatoms. The number of aromatic nitrogens is 1. The monoisotopic (exact) mass is 636 g/mol. The van der Waals surface area contributed by atoms with Crippen LogP contribution in [0.25, 0.3) is 5.76 Å². The number of ketones is 1. The SMILES string of the molecule is CCOC(=O)c1sc(N2C(=O)C(=O)/C(=C(/O)c3ccc4c(c3)OCCO4)[C@@H]2c2ccc(OCCC(C)C)c(OCC)c2)nc1C. The number of esters is 1. The van der Waals surface area contributed by atoms with Gasteiger partial charge in [-0.3, -0.25) is 14.5 Å². The Hall–Kier alpha value is -4.58. The molecule has 0 radical (unpaired) electrons. The Bertz CT molecular complexity index is 1640. The molecular weight excluding hydrogens is 600 g/mol. The van der Waals surface area contributed by atoms with Crippen LogP contribution in [0.4, 0.5) is 5.13 Å². The Morgan fingerprint density at radius 2 is 1.80 bits per heavy atom. The number of anilines is 1. The number of aliphatic hydroxyl groups excluding tert-OH is 1. The Labute approximate surface area is 265 Å². The molecule has 5 rings (SSSR count). The van der Waals surface area contributed by atoms with Gasteiger partial charge in [0.25, 0.3) is 5.78 Å². The summed E-state index contributed by atoms with van der Waals surface area (Å²) in [7, 11) is 0. The highest BCUT2D eigenvalue weighted by Gasteiger charge is 2.49. The lowest BCUT2D eigenvalue weighted by Gasteiger charge is -2.24. The van der Waals surface area contributed by atoms with Crippen molar-refractivity contribution in [2.45, 2.75) is 47.1 Å². The fraction of sp³-hybridized carbons (Fsp3) is 0.394. The minimum Gasteiger partial charge on any atom is -0.507 e. The molecule has 1 N–H and O–H groups in total. The van der Waals surface area contributed by atoms with Crippen LogP contribution in [0.5, 0.6) is 23.0 Å². The summed E-state index contributed by atoms with van der Waals surface area (Å²) in [6, 6.07) is 8.84. The molecule has 2 aliphatic heterocycles. The van der Waals surface area contributed by atoms with Gasteiger partial charge in [-0.1, -0.05) is 31.3 Å². The van der Waals surface area contributed by atoms with Crippen LogP contribution in [0.3, 0.4) is 0 Å². The molecule has 0 bridgehead atoms. The maximum atomic E-state index is 13.8. The number of benzene rings is 2. The number of amides is 1. The molecule has 1 saturated heterocycles. The first-order chi connectivity index (χ1) is 21.6. The second-order valence-electron chi connectivity index (χ2n) is 10.8. The van der Waals surface area contributed by atoms with Crippen molar-refractivity contribution in [1.82, 2.24) is 4.98 Å². The minimum atomic E-state index is -1.11. The predicted molar refractivity (Wildman–Crippen MR) is 168 cm³/mol. The van der Waals surface area contributed by atoms with Crippen LogP contribution >= 0.6 is 11.3 Å². The smallest absolute Gasteiger partial charge is 0.350 e. The van der Waals surface area contributed by atoms with Gasteiger partial charge in [-0.05, 0) is 69.0 Å². The Kier molecular flexibility index (Phi) is 9.62. The predicted octanol–water partition coefficient (Wildman–Crippen LogP) is 5.85. The van der Waals surface area contributed by atoms with Gasteiger partial charge >= 0.3 is 11.9 Å². The van der Waals surface area contributed by atoms with Gasteiger partial charge in [-0.2, -0.15) is 0 Å². The van der Waals surface area contributed by atoms with E-state index in [0.29, 0.717) is 66.6 Å². The third kappa shape index (κ3) is 6.46. The first-order valence-electron chi connectivity index (χ1n) is 14.9. The quantitative estimate of drug-likeness (QED) is 0.118. The third-order valence-corrected chi connectivity index (χ3v) is 8.39. The highest BCUT2D eigenvalue weighted by Crippen LogP contribution is 2.46. The molecule has 238 valence electrons. The molecule has 0 saturated carbocycles. The van der Waals surface area contributed by atoms with Gasteiger partial charge in [0.2, 0.25) is 0 Å². The molecule has 3 heterocycles. The van der Waals surface area contributed by atoms with Crippen LogP contribution in [0.1, 0.15) is 66.7 Å². The molecule has 1 atom stereocenters. The van der Waals surface area contributed by atoms with Crippen molar-refractivity contribution >= 4 is 39.9 Å². The molecule has 0 aliphatic carbocycles. The molecule has 2 aromatic carbocycles. The molecule has 1 amide bonds. The van der Waals surface area contributed by atoms with Crippen LogP contribution in [0.2, 0.25) is 0 Å². The normalized spacial score (nSPS) is 17.1. The summed E-state index contributed by atoms with van der Waals surface area (Å²) in [6.07, 6.45) is 0.842. The van der Waals surface area contributed by atoms with Crippen molar-refractivity contribution < 1.29 is 43.2 Å². The maximum absolute atomic E-state index is 13.8. The lowest BCUT2D eigenvalue weighted by Crippen LogP contribution is -2.29. The van der Waals surface area contributed by atoms with E-state index in [1.807, 2.05) is 6.92 Å². The highest BCUT2D eigenvalue weighted by molar-refractivity contribution is 7.17. The van der Waals surface area contributed by atoms with Gasteiger partial charge in [-0.15, -0.1) is 0 Å². The summed E-state index contributed by atoms with van der Waals surface area (Å²) in [5, 5.41) is 11.8. The van der Waals surface area contributed by atoms with Crippen LogP contribution in [-0.4, -0.2) is 60.8 Å². The maximum Gasteiger partial charge on any atom is 0.350 e. The second-order valence-corrected chi connectivity index (χ2v) is 11.8. The van der Waals surface area contributed by atoms with E-state index in [-0.39, 0.29) is 27.8 Å². The van der Waals surface area contributed by atoms with E-state index < -0.39 is 29.5 Å². The van der Waals surface area contributed by atoms with Crippen molar-refractivity contribution in [3.63, 3.8) is 0 Å². The van der Waals surface area contributed by atoms with Crippen molar-refractivity contribution in [3.05, 3.63) is 63.7 Å². The molecule has 11 nitrogen and oxygen atoms in total. The van der Waals surface area contributed by atoms with Gasteiger partial charge in [0, 0.05) is 5.56 Å². The minimum absolute atomic E-state index is 0.110. The van der Waals surface area contributed by atoms with E-state index in [1.54, 1.807) is 50.2 Å². The molecule has 3 aromatic rings. The number of rotatable bonds is 11. The van der Waals surface area contributed by atoms with E-state index in [4.69, 9.17) is 23.7 Å². The van der Waals surface area contributed by atoms with Gasteiger partial charge < -0.3 is 28.8 Å². The van der Waals surface area contributed by atoms with Crippen molar-refractivity contribution in [1.29, 1.82) is 0 Å². The Morgan fingerprint density at radius 1 is 1.04 bits per heavy atom. The Balaban J connectivity index is 1.66. The van der Waals surface area contributed by atoms with Crippen LogP contribution in [0, 0.1) is 12.8 Å².